The van der Waals surface area contributed by atoms with Crippen LogP contribution >= 0.6 is 0 Å². The Labute approximate surface area is 162 Å². The van der Waals surface area contributed by atoms with Crippen molar-refractivity contribution in [2.24, 2.45) is 0 Å². The third-order valence-electron chi connectivity index (χ3n) is 4.74. The van der Waals surface area contributed by atoms with Gasteiger partial charge in [-0.05, 0) is 31.5 Å². The van der Waals surface area contributed by atoms with E-state index in [2.05, 4.69) is 10.6 Å². The van der Waals surface area contributed by atoms with E-state index in [1.807, 2.05) is 19.1 Å². The molecule has 2 aromatic carbocycles. The largest absolute Gasteiger partial charge is 0.497 e. The fraction of sp³-hybridized carbons (Fsp3) is 0.250. The van der Waals surface area contributed by atoms with Gasteiger partial charge in [0, 0.05) is 6.07 Å². The number of ether oxygens (including phenoxy) is 1. The Balaban J connectivity index is 1.75. The monoisotopic (exact) mass is 382 g/mol. The Morgan fingerprint density at radius 2 is 1.89 bits per heavy atom. The van der Waals surface area contributed by atoms with Crippen LogP contribution in [0.3, 0.4) is 0 Å². The molecule has 0 aromatic heterocycles. The number of nitrogens with two attached hydrogens (primary N) is 1. The van der Waals surface area contributed by atoms with Crippen LogP contribution in [-0.4, -0.2) is 36.4 Å². The van der Waals surface area contributed by atoms with Crippen molar-refractivity contribution in [3.63, 3.8) is 0 Å². The molecule has 146 valence electrons. The molecule has 1 saturated heterocycles. The first kappa shape index (κ1) is 19.2. The Bertz CT molecular complexity index is 942. The van der Waals surface area contributed by atoms with Gasteiger partial charge in [-0.3, -0.25) is 14.5 Å². The van der Waals surface area contributed by atoms with Crippen LogP contribution < -0.4 is 21.1 Å². The first-order valence-electron chi connectivity index (χ1n) is 8.69. The Kier molecular flexibility index (Phi) is 4.96. The van der Waals surface area contributed by atoms with Crippen LogP contribution in [0, 0.1) is 6.92 Å². The maximum absolute atomic E-state index is 12.9. The maximum atomic E-state index is 12.9. The number of nitrogens with one attached hydrogen (secondary N) is 2. The van der Waals surface area contributed by atoms with Crippen LogP contribution in [0.15, 0.2) is 42.5 Å². The lowest BCUT2D eigenvalue weighted by Crippen LogP contribution is -2.42. The Morgan fingerprint density at radius 3 is 2.54 bits per heavy atom. The number of nitrogen functional groups attached to an aromatic ring is 1. The predicted octanol–water partition coefficient (Wildman–Crippen LogP) is 1.99. The number of imide groups is 1. The van der Waals surface area contributed by atoms with E-state index in [9.17, 15) is 14.4 Å². The summed E-state index contributed by atoms with van der Waals surface area (Å²) >= 11 is 0. The number of carbonyl (C=O) groups excluding carboxylic acids is 3. The molecule has 0 radical (unpaired) electrons. The van der Waals surface area contributed by atoms with Gasteiger partial charge in [0.05, 0.1) is 18.5 Å². The molecule has 1 aliphatic heterocycles. The normalized spacial score (nSPS) is 18.8. The predicted molar refractivity (Wildman–Crippen MR) is 105 cm³/mol. The lowest BCUT2D eigenvalue weighted by Gasteiger charge is -2.22. The number of nitrogens with zero attached hydrogens (tertiary/aromatic N) is 1. The van der Waals surface area contributed by atoms with E-state index < -0.39 is 29.9 Å². The molecule has 1 aliphatic rings. The summed E-state index contributed by atoms with van der Waals surface area (Å²) in [6.07, 6.45) is 0. The molecule has 8 heteroatoms. The molecule has 0 spiro atoms. The van der Waals surface area contributed by atoms with Crippen molar-refractivity contribution in [1.82, 2.24) is 10.2 Å². The van der Waals surface area contributed by atoms with Crippen LogP contribution in [0.4, 0.5) is 16.2 Å². The highest BCUT2D eigenvalue weighted by Gasteiger charge is 2.49. The number of aryl methyl sites for hydroxylation is 1. The van der Waals surface area contributed by atoms with Gasteiger partial charge in [-0.1, -0.05) is 29.8 Å². The summed E-state index contributed by atoms with van der Waals surface area (Å²) in [6, 6.07) is 11.5. The average Bonchev–Trinajstić information content (AvgIpc) is 2.88. The number of methoxy groups -OCH3 is 1. The number of benzene rings is 2. The number of urea groups is 1. The van der Waals surface area contributed by atoms with Gasteiger partial charge in [-0.2, -0.15) is 0 Å². The highest BCUT2D eigenvalue weighted by molar-refractivity contribution is 6.10. The van der Waals surface area contributed by atoms with Gasteiger partial charge in [0.15, 0.2) is 0 Å². The number of hydrogen-bond donors (Lipinski definition) is 3. The van der Waals surface area contributed by atoms with Crippen LogP contribution in [0.5, 0.6) is 5.75 Å². The van der Waals surface area contributed by atoms with E-state index in [0.717, 1.165) is 10.5 Å². The van der Waals surface area contributed by atoms with E-state index >= 15 is 0 Å². The fourth-order valence-electron chi connectivity index (χ4n) is 3.03. The van der Waals surface area contributed by atoms with E-state index in [4.69, 9.17) is 10.5 Å². The summed E-state index contributed by atoms with van der Waals surface area (Å²) in [5, 5.41) is 5.29. The molecular formula is C20H22N4O4. The summed E-state index contributed by atoms with van der Waals surface area (Å²) in [4.78, 5) is 38.6. The number of carbonyl (C=O) groups is 3. The fourth-order valence-corrected chi connectivity index (χ4v) is 3.03. The van der Waals surface area contributed by atoms with Crippen LogP contribution in [0.2, 0.25) is 0 Å². The average molecular weight is 382 g/mol. The van der Waals surface area contributed by atoms with E-state index in [-0.39, 0.29) is 0 Å². The zero-order valence-corrected chi connectivity index (χ0v) is 15.9. The van der Waals surface area contributed by atoms with E-state index in [1.54, 1.807) is 37.3 Å². The zero-order valence-electron chi connectivity index (χ0n) is 15.9. The molecule has 3 rings (SSSR count). The molecule has 4 amide bonds. The molecular weight excluding hydrogens is 360 g/mol. The van der Waals surface area contributed by atoms with Gasteiger partial charge >= 0.3 is 6.03 Å². The Hall–Kier alpha value is -3.55. The van der Waals surface area contributed by atoms with Crippen LogP contribution in [0.25, 0.3) is 0 Å². The lowest BCUT2D eigenvalue weighted by atomic mass is 9.91. The molecule has 1 fully saturated rings. The molecule has 4 N–H and O–H groups in total. The molecule has 1 unspecified atom stereocenters. The minimum absolute atomic E-state index is 0.343. The summed E-state index contributed by atoms with van der Waals surface area (Å²) < 4.78 is 5.11. The molecule has 1 atom stereocenters. The second-order valence-electron chi connectivity index (χ2n) is 6.81. The third kappa shape index (κ3) is 3.48. The van der Waals surface area contributed by atoms with Crippen molar-refractivity contribution in [3.05, 3.63) is 53.6 Å². The van der Waals surface area contributed by atoms with Gasteiger partial charge < -0.3 is 21.1 Å². The first-order valence-corrected chi connectivity index (χ1v) is 8.69. The number of amides is 4. The highest BCUT2D eigenvalue weighted by Crippen LogP contribution is 2.29. The minimum Gasteiger partial charge on any atom is -0.497 e. The number of anilines is 2. The topological polar surface area (TPSA) is 114 Å². The zero-order chi connectivity index (χ0) is 20.5. The smallest absolute Gasteiger partial charge is 0.325 e. The van der Waals surface area contributed by atoms with Gasteiger partial charge in [0.25, 0.3) is 5.91 Å². The Morgan fingerprint density at radius 1 is 1.21 bits per heavy atom. The molecule has 0 bridgehead atoms. The van der Waals surface area contributed by atoms with Crippen LogP contribution in [0.1, 0.15) is 18.1 Å². The third-order valence-corrected chi connectivity index (χ3v) is 4.74. The molecule has 0 aliphatic carbocycles. The quantitative estimate of drug-likeness (QED) is 0.541. The van der Waals surface area contributed by atoms with Crippen molar-refractivity contribution in [3.8, 4) is 5.75 Å². The standard InChI is InChI=1S/C20H22N4O4/c1-12-4-6-13(7-5-12)20(2)18(26)24(19(27)23-20)11-17(25)22-16-10-14(28-3)8-9-15(16)21/h4-10H,11,21H2,1-3H3,(H,22,25)(H,23,27). The minimum atomic E-state index is -1.22. The molecule has 1 heterocycles. The molecule has 2 aromatic rings. The van der Waals surface area contributed by atoms with Gasteiger partial charge in [-0.25, -0.2) is 4.79 Å². The summed E-state index contributed by atoms with van der Waals surface area (Å²) in [6.45, 7) is 3.13. The second-order valence-corrected chi connectivity index (χ2v) is 6.81. The lowest BCUT2D eigenvalue weighted by molar-refractivity contribution is -0.133. The number of rotatable bonds is 5. The van der Waals surface area contributed by atoms with Crippen molar-refractivity contribution >= 4 is 29.2 Å². The van der Waals surface area contributed by atoms with Crippen molar-refractivity contribution in [2.45, 2.75) is 19.4 Å². The van der Waals surface area contributed by atoms with Gasteiger partial charge in [0.2, 0.25) is 5.91 Å². The molecule has 8 nitrogen and oxygen atoms in total. The maximum Gasteiger partial charge on any atom is 0.325 e. The summed E-state index contributed by atoms with van der Waals surface area (Å²) in [5.74, 6) is -0.516. The number of hydrogen-bond acceptors (Lipinski definition) is 5. The highest BCUT2D eigenvalue weighted by atomic mass is 16.5. The van der Waals surface area contributed by atoms with Gasteiger partial charge in [0.1, 0.15) is 17.8 Å². The molecule has 0 saturated carbocycles. The summed E-state index contributed by atoms with van der Waals surface area (Å²) in [5.41, 5.74) is 7.01. The van der Waals surface area contributed by atoms with Crippen LogP contribution in [-0.2, 0) is 15.1 Å². The van der Waals surface area contributed by atoms with Crippen molar-refractivity contribution in [1.29, 1.82) is 0 Å². The molecule has 28 heavy (non-hydrogen) atoms. The van der Waals surface area contributed by atoms with Crippen molar-refractivity contribution < 1.29 is 19.1 Å². The second kappa shape index (κ2) is 7.22. The van der Waals surface area contributed by atoms with Gasteiger partial charge in [-0.15, -0.1) is 0 Å². The first-order chi connectivity index (χ1) is 13.2. The SMILES string of the molecule is COc1ccc(N)c(NC(=O)CN2C(=O)NC(C)(c3ccc(C)cc3)C2=O)c1. The van der Waals surface area contributed by atoms with Crippen molar-refractivity contribution in [2.75, 3.05) is 24.7 Å². The van der Waals surface area contributed by atoms with E-state index in [1.165, 1.54) is 7.11 Å². The summed E-state index contributed by atoms with van der Waals surface area (Å²) in [7, 11) is 1.50. The van der Waals surface area contributed by atoms with E-state index in [0.29, 0.717) is 22.7 Å².